The lowest BCUT2D eigenvalue weighted by Crippen LogP contribution is -1.63. The minimum atomic E-state index is 0.602. The molecule has 4 heteroatoms. The Balaban J connectivity index is 2.45. The van der Waals surface area contributed by atoms with E-state index in [-0.39, 0.29) is 0 Å². The second-order valence-electron chi connectivity index (χ2n) is 2.12. The molecule has 56 valence electrons. The van der Waals surface area contributed by atoms with Gasteiger partial charge in [0.05, 0.1) is 12.4 Å². The van der Waals surface area contributed by atoms with Crippen molar-refractivity contribution in [2.45, 2.75) is 6.92 Å². The zero-order chi connectivity index (χ0) is 7.68. The third-order valence-electron chi connectivity index (χ3n) is 1.30. The molecule has 0 aliphatic heterocycles. The van der Waals surface area contributed by atoms with Gasteiger partial charge >= 0.3 is 0 Å². The molecule has 0 N–H and O–H groups in total. The molecule has 4 nitrogen and oxygen atoms in total. The minimum Gasteiger partial charge on any atom is -0.438 e. The molecule has 2 aromatic heterocycles. The summed E-state index contributed by atoms with van der Waals surface area (Å²) < 4.78 is 10.0. The van der Waals surface area contributed by atoms with Crippen molar-refractivity contribution in [3.8, 4) is 11.5 Å². The average Bonchev–Trinajstić information content (AvgIpc) is 2.55. The molecule has 0 saturated heterocycles. The summed E-state index contributed by atoms with van der Waals surface area (Å²) in [7, 11) is 0. The fourth-order valence-corrected chi connectivity index (χ4v) is 0.818. The predicted molar refractivity (Wildman–Crippen MR) is 36.7 cm³/mol. The second-order valence-corrected chi connectivity index (χ2v) is 2.12. The van der Waals surface area contributed by atoms with Gasteiger partial charge in [-0.15, -0.1) is 0 Å². The molecule has 0 radical (unpaired) electrons. The van der Waals surface area contributed by atoms with E-state index in [1.807, 2.05) is 0 Å². The topological polar surface area (TPSA) is 52.1 Å². The molecule has 11 heavy (non-hydrogen) atoms. The summed E-state index contributed by atoms with van der Waals surface area (Å²) >= 11 is 0. The number of aryl methyl sites for hydroxylation is 1. The van der Waals surface area contributed by atoms with Gasteiger partial charge in [0.2, 0.25) is 5.76 Å². The van der Waals surface area contributed by atoms with Crippen molar-refractivity contribution in [1.29, 1.82) is 0 Å². The fraction of sp³-hybridized carbons (Fsp3) is 0.143. The first-order chi connectivity index (χ1) is 5.36. The second kappa shape index (κ2) is 2.23. The standard InChI is InChI=1S/C7H6N2O2/c1-5-8-4-7(10-5)6-2-3-9-11-6/h2-4H,1H3. The van der Waals surface area contributed by atoms with Gasteiger partial charge in [-0.2, -0.15) is 0 Å². The van der Waals surface area contributed by atoms with E-state index < -0.39 is 0 Å². The quantitative estimate of drug-likeness (QED) is 0.620. The maximum atomic E-state index is 5.18. The predicted octanol–water partition coefficient (Wildman–Crippen LogP) is 1.64. The Hall–Kier alpha value is -1.58. The molecule has 0 saturated carbocycles. The summed E-state index contributed by atoms with van der Waals surface area (Å²) in [4.78, 5) is 3.92. The molecular formula is C7H6N2O2. The first-order valence-electron chi connectivity index (χ1n) is 3.20. The van der Waals surface area contributed by atoms with Crippen molar-refractivity contribution in [3.63, 3.8) is 0 Å². The van der Waals surface area contributed by atoms with Crippen LogP contribution < -0.4 is 0 Å². The highest BCUT2D eigenvalue weighted by Crippen LogP contribution is 2.18. The Bertz CT molecular complexity index is 337. The monoisotopic (exact) mass is 150 g/mol. The highest BCUT2D eigenvalue weighted by Gasteiger charge is 2.05. The van der Waals surface area contributed by atoms with Crippen molar-refractivity contribution in [3.05, 3.63) is 24.4 Å². The van der Waals surface area contributed by atoms with Crippen LogP contribution in [0.1, 0.15) is 5.89 Å². The van der Waals surface area contributed by atoms with Crippen molar-refractivity contribution in [1.82, 2.24) is 10.1 Å². The number of rotatable bonds is 1. The van der Waals surface area contributed by atoms with Crippen LogP contribution in [0.4, 0.5) is 0 Å². The largest absolute Gasteiger partial charge is 0.438 e. The molecule has 0 fully saturated rings. The molecule has 2 rings (SSSR count). The molecule has 0 aliphatic rings. The van der Waals surface area contributed by atoms with E-state index >= 15 is 0 Å². The molecule has 0 bridgehead atoms. The van der Waals surface area contributed by atoms with E-state index in [4.69, 9.17) is 8.94 Å². The zero-order valence-electron chi connectivity index (χ0n) is 5.94. The van der Waals surface area contributed by atoms with Gasteiger partial charge in [-0.3, -0.25) is 0 Å². The van der Waals surface area contributed by atoms with Gasteiger partial charge in [0.15, 0.2) is 11.7 Å². The summed E-state index contributed by atoms with van der Waals surface area (Å²) in [5.41, 5.74) is 0. The van der Waals surface area contributed by atoms with Gasteiger partial charge in [0, 0.05) is 13.0 Å². The van der Waals surface area contributed by atoms with Gasteiger partial charge in [-0.05, 0) is 0 Å². The van der Waals surface area contributed by atoms with Crippen molar-refractivity contribution < 1.29 is 8.94 Å². The lowest BCUT2D eigenvalue weighted by Gasteiger charge is -1.83. The van der Waals surface area contributed by atoms with Gasteiger partial charge in [-0.25, -0.2) is 4.98 Å². The lowest BCUT2D eigenvalue weighted by molar-refractivity contribution is 0.414. The van der Waals surface area contributed by atoms with E-state index in [0.29, 0.717) is 17.4 Å². The molecule has 0 unspecified atom stereocenters. The van der Waals surface area contributed by atoms with Crippen LogP contribution in [-0.2, 0) is 0 Å². The van der Waals surface area contributed by atoms with Crippen LogP contribution in [0.5, 0.6) is 0 Å². The smallest absolute Gasteiger partial charge is 0.203 e. The molecule has 0 aromatic carbocycles. The molecule has 2 aromatic rings. The van der Waals surface area contributed by atoms with Crippen LogP contribution in [0.15, 0.2) is 27.4 Å². The highest BCUT2D eigenvalue weighted by atomic mass is 16.5. The van der Waals surface area contributed by atoms with E-state index in [0.717, 1.165) is 0 Å². The van der Waals surface area contributed by atoms with Gasteiger partial charge in [0.1, 0.15) is 0 Å². The molecular weight excluding hydrogens is 144 g/mol. The summed E-state index contributed by atoms with van der Waals surface area (Å²) in [6.45, 7) is 1.78. The summed E-state index contributed by atoms with van der Waals surface area (Å²) in [6, 6.07) is 1.72. The number of hydrogen-bond acceptors (Lipinski definition) is 4. The van der Waals surface area contributed by atoms with Gasteiger partial charge in [0.25, 0.3) is 0 Å². The van der Waals surface area contributed by atoms with Crippen LogP contribution in [0.25, 0.3) is 11.5 Å². The number of nitrogens with zero attached hydrogens (tertiary/aromatic N) is 2. The molecule has 0 atom stereocenters. The van der Waals surface area contributed by atoms with E-state index in [1.54, 1.807) is 25.4 Å². The van der Waals surface area contributed by atoms with Gasteiger partial charge in [-0.1, -0.05) is 5.16 Å². The third-order valence-corrected chi connectivity index (χ3v) is 1.30. The van der Waals surface area contributed by atoms with Gasteiger partial charge < -0.3 is 8.94 Å². The number of hydrogen-bond donors (Lipinski definition) is 0. The Morgan fingerprint density at radius 3 is 2.82 bits per heavy atom. The normalized spacial score (nSPS) is 10.3. The summed E-state index contributed by atoms with van der Waals surface area (Å²) in [5, 5.41) is 3.55. The van der Waals surface area contributed by atoms with E-state index in [9.17, 15) is 0 Å². The lowest BCUT2D eigenvalue weighted by atomic mass is 10.4. The minimum absolute atomic E-state index is 0.602. The summed E-state index contributed by atoms with van der Waals surface area (Å²) in [5.74, 6) is 1.84. The Kier molecular flexibility index (Phi) is 1.25. The van der Waals surface area contributed by atoms with Crippen LogP contribution in [0.3, 0.4) is 0 Å². The molecule has 0 aliphatic carbocycles. The zero-order valence-corrected chi connectivity index (χ0v) is 5.94. The number of aromatic nitrogens is 2. The SMILES string of the molecule is Cc1ncc(-c2ccno2)o1. The molecule has 0 amide bonds. The average molecular weight is 150 g/mol. The van der Waals surface area contributed by atoms with Crippen molar-refractivity contribution in [2.24, 2.45) is 0 Å². The van der Waals surface area contributed by atoms with Crippen LogP contribution in [0, 0.1) is 6.92 Å². The van der Waals surface area contributed by atoms with Crippen LogP contribution >= 0.6 is 0 Å². The Labute approximate surface area is 62.8 Å². The maximum Gasteiger partial charge on any atom is 0.203 e. The van der Waals surface area contributed by atoms with Crippen LogP contribution in [-0.4, -0.2) is 10.1 Å². The third kappa shape index (κ3) is 1.02. The molecule has 2 heterocycles. The highest BCUT2D eigenvalue weighted by molar-refractivity contribution is 5.46. The first kappa shape index (κ1) is 6.15. The Morgan fingerprint density at radius 1 is 1.36 bits per heavy atom. The maximum absolute atomic E-state index is 5.18. The van der Waals surface area contributed by atoms with Crippen LogP contribution in [0.2, 0.25) is 0 Å². The first-order valence-corrected chi connectivity index (χ1v) is 3.20. The molecule has 0 spiro atoms. The van der Waals surface area contributed by atoms with E-state index in [2.05, 4.69) is 10.1 Å². The Morgan fingerprint density at radius 2 is 2.27 bits per heavy atom. The number of oxazole rings is 1. The van der Waals surface area contributed by atoms with Crippen molar-refractivity contribution in [2.75, 3.05) is 0 Å². The van der Waals surface area contributed by atoms with Crippen molar-refractivity contribution >= 4 is 0 Å². The van der Waals surface area contributed by atoms with E-state index in [1.165, 1.54) is 0 Å². The summed E-state index contributed by atoms with van der Waals surface area (Å²) in [6.07, 6.45) is 3.17. The fourth-order valence-electron chi connectivity index (χ4n) is 0.818.